The van der Waals surface area contributed by atoms with E-state index >= 15 is 0 Å². The Morgan fingerprint density at radius 3 is 2.67 bits per heavy atom. The van der Waals surface area contributed by atoms with Crippen molar-refractivity contribution >= 4 is 17.2 Å². The third kappa shape index (κ3) is 1.61. The van der Waals surface area contributed by atoms with Gasteiger partial charge in [-0.15, -0.1) is 0 Å². The molecule has 0 aliphatic carbocycles. The van der Waals surface area contributed by atoms with Crippen LogP contribution in [-0.4, -0.2) is 11.3 Å². The van der Waals surface area contributed by atoms with E-state index in [1.165, 1.54) is 12.1 Å². The molecule has 0 unspecified atom stereocenters. The van der Waals surface area contributed by atoms with Crippen LogP contribution in [0.3, 0.4) is 0 Å². The van der Waals surface area contributed by atoms with Crippen LogP contribution in [0, 0.1) is 19.7 Å². The van der Waals surface area contributed by atoms with Crippen molar-refractivity contribution in [3.8, 4) is 0 Å². The number of carbonyl (C=O) groups excluding carboxylic acids is 1. The van der Waals surface area contributed by atoms with Crippen molar-refractivity contribution in [1.82, 2.24) is 4.98 Å². The van der Waals surface area contributed by atoms with Gasteiger partial charge in [0.15, 0.2) is 6.29 Å². The van der Waals surface area contributed by atoms with Gasteiger partial charge in [0.1, 0.15) is 5.82 Å². The van der Waals surface area contributed by atoms with Crippen molar-refractivity contribution in [3.63, 3.8) is 0 Å². The van der Waals surface area contributed by atoms with Gasteiger partial charge in [0, 0.05) is 16.6 Å². The first-order chi connectivity index (χ1) is 7.11. The largest absolute Gasteiger partial charge is 0.298 e. The molecule has 0 aliphatic heterocycles. The zero-order chi connectivity index (χ0) is 11.0. The van der Waals surface area contributed by atoms with Crippen molar-refractivity contribution in [1.29, 1.82) is 0 Å². The summed E-state index contributed by atoms with van der Waals surface area (Å²) in [5.41, 5.74) is 2.63. The molecule has 0 saturated heterocycles. The van der Waals surface area contributed by atoms with Gasteiger partial charge in [-0.05, 0) is 37.6 Å². The third-order valence-electron chi connectivity index (χ3n) is 2.37. The number of carbonyl (C=O) groups is 1. The fraction of sp³-hybridized carbons (Fsp3) is 0.167. The highest BCUT2D eigenvalue weighted by Crippen LogP contribution is 2.21. The van der Waals surface area contributed by atoms with E-state index in [9.17, 15) is 9.18 Å². The maximum Gasteiger partial charge on any atom is 0.152 e. The number of aryl methyl sites for hydroxylation is 2. The number of hydrogen-bond donors (Lipinski definition) is 0. The lowest BCUT2D eigenvalue weighted by molar-refractivity contribution is 0.112. The monoisotopic (exact) mass is 203 g/mol. The van der Waals surface area contributed by atoms with Gasteiger partial charge in [0.2, 0.25) is 0 Å². The molecule has 2 aromatic rings. The highest BCUT2D eigenvalue weighted by atomic mass is 19.1. The zero-order valence-electron chi connectivity index (χ0n) is 8.54. The molecule has 3 heteroatoms. The summed E-state index contributed by atoms with van der Waals surface area (Å²) in [6.07, 6.45) is 0.636. The van der Waals surface area contributed by atoms with E-state index in [1.54, 1.807) is 0 Å². The molecule has 0 spiro atoms. The lowest BCUT2D eigenvalue weighted by Gasteiger charge is -2.05. The molecule has 0 radical (unpaired) electrons. The summed E-state index contributed by atoms with van der Waals surface area (Å²) in [4.78, 5) is 15.0. The van der Waals surface area contributed by atoms with Crippen molar-refractivity contribution in [2.45, 2.75) is 13.8 Å². The Morgan fingerprint density at radius 1 is 1.27 bits per heavy atom. The van der Waals surface area contributed by atoms with Gasteiger partial charge < -0.3 is 0 Å². The van der Waals surface area contributed by atoms with Crippen LogP contribution in [0.5, 0.6) is 0 Å². The van der Waals surface area contributed by atoms with Crippen LogP contribution < -0.4 is 0 Å². The van der Waals surface area contributed by atoms with Crippen LogP contribution in [-0.2, 0) is 0 Å². The van der Waals surface area contributed by atoms with Gasteiger partial charge in [-0.1, -0.05) is 0 Å². The molecule has 15 heavy (non-hydrogen) atoms. The minimum Gasteiger partial charge on any atom is -0.298 e. The molecule has 2 rings (SSSR count). The Kier molecular flexibility index (Phi) is 2.23. The van der Waals surface area contributed by atoms with E-state index < -0.39 is 5.82 Å². The number of rotatable bonds is 1. The summed E-state index contributed by atoms with van der Waals surface area (Å²) >= 11 is 0. The van der Waals surface area contributed by atoms with Crippen LogP contribution in [0.4, 0.5) is 4.39 Å². The first-order valence-electron chi connectivity index (χ1n) is 4.64. The predicted molar refractivity (Wildman–Crippen MR) is 56.6 cm³/mol. The molecule has 0 amide bonds. The molecule has 0 bridgehead atoms. The first-order valence-corrected chi connectivity index (χ1v) is 4.64. The SMILES string of the molecule is Cc1cc(C)c2cc(F)cc(C=O)c2n1. The molecule has 0 saturated carbocycles. The smallest absolute Gasteiger partial charge is 0.152 e. The van der Waals surface area contributed by atoms with E-state index in [-0.39, 0.29) is 0 Å². The van der Waals surface area contributed by atoms with Gasteiger partial charge in [0.25, 0.3) is 0 Å². The average molecular weight is 203 g/mol. The fourth-order valence-corrected chi connectivity index (χ4v) is 1.74. The van der Waals surface area contributed by atoms with Gasteiger partial charge >= 0.3 is 0 Å². The quantitative estimate of drug-likeness (QED) is 0.667. The summed E-state index contributed by atoms with van der Waals surface area (Å²) in [6.45, 7) is 3.73. The Labute approximate surface area is 86.8 Å². The Bertz CT molecular complexity index is 549. The van der Waals surface area contributed by atoms with Gasteiger partial charge in [-0.3, -0.25) is 9.78 Å². The van der Waals surface area contributed by atoms with Crippen LogP contribution in [0.25, 0.3) is 10.9 Å². The molecular formula is C12H10FNO. The zero-order valence-corrected chi connectivity index (χ0v) is 8.54. The number of fused-ring (bicyclic) bond motifs is 1. The molecule has 0 N–H and O–H groups in total. The van der Waals surface area contributed by atoms with Crippen molar-refractivity contribution in [2.24, 2.45) is 0 Å². The number of aldehydes is 1. The lowest BCUT2D eigenvalue weighted by Crippen LogP contribution is -1.94. The summed E-state index contributed by atoms with van der Waals surface area (Å²) in [7, 11) is 0. The Morgan fingerprint density at radius 2 is 2.00 bits per heavy atom. The molecular weight excluding hydrogens is 193 g/mol. The maximum atomic E-state index is 13.2. The molecule has 1 heterocycles. The summed E-state index contributed by atoms with van der Waals surface area (Å²) in [5.74, 6) is -0.404. The molecule has 1 aromatic carbocycles. The van der Waals surface area contributed by atoms with E-state index in [2.05, 4.69) is 4.98 Å². The van der Waals surface area contributed by atoms with E-state index in [4.69, 9.17) is 0 Å². The normalized spacial score (nSPS) is 10.6. The fourth-order valence-electron chi connectivity index (χ4n) is 1.74. The topological polar surface area (TPSA) is 30.0 Å². The second-order valence-corrected chi connectivity index (χ2v) is 3.59. The molecule has 76 valence electrons. The molecule has 2 nitrogen and oxygen atoms in total. The lowest BCUT2D eigenvalue weighted by atomic mass is 10.1. The van der Waals surface area contributed by atoms with Crippen LogP contribution >= 0.6 is 0 Å². The predicted octanol–water partition coefficient (Wildman–Crippen LogP) is 2.80. The van der Waals surface area contributed by atoms with Gasteiger partial charge in [-0.2, -0.15) is 0 Å². The molecule has 0 atom stereocenters. The van der Waals surface area contributed by atoms with Crippen LogP contribution in [0.2, 0.25) is 0 Å². The van der Waals surface area contributed by atoms with Crippen molar-refractivity contribution in [3.05, 3.63) is 40.8 Å². The third-order valence-corrected chi connectivity index (χ3v) is 2.37. The minimum absolute atomic E-state index is 0.303. The van der Waals surface area contributed by atoms with E-state index in [0.29, 0.717) is 22.8 Å². The summed E-state index contributed by atoms with van der Waals surface area (Å²) < 4.78 is 13.2. The minimum atomic E-state index is -0.404. The molecule has 0 aliphatic rings. The number of pyridine rings is 1. The van der Waals surface area contributed by atoms with Gasteiger partial charge in [-0.25, -0.2) is 4.39 Å². The highest BCUT2D eigenvalue weighted by molar-refractivity contribution is 5.96. The van der Waals surface area contributed by atoms with Crippen LogP contribution in [0.1, 0.15) is 21.6 Å². The number of halogens is 1. The first kappa shape index (κ1) is 9.77. The second-order valence-electron chi connectivity index (χ2n) is 3.59. The number of benzene rings is 1. The number of aromatic nitrogens is 1. The van der Waals surface area contributed by atoms with Crippen molar-refractivity contribution in [2.75, 3.05) is 0 Å². The van der Waals surface area contributed by atoms with E-state index in [1.807, 2.05) is 19.9 Å². The average Bonchev–Trinajstić information content (AvgIpc) is 2.18. The number of hydrogen-bond acceptors (Lipinski definition) is 2. The van der Waals surface area contributed by atoms with Gasteiger partial charge in [0.05, 0.1) is 5.52 Å². The molecule has 1 aromatic heterocycles. The van der Waals surface area contributed by atoms with Crippen LogP contribution in [0.15, 0.2) is 18.2 Å². The summed E-state index contributed by atoms with van der Waals surface area (Å²) in [5, 5.41) is 0.697. The number of nitrogens with zero attached hydrogens (tertiary/aromatic N) is 1. The Hall–Kier alpha value is -1.77. The molecule has 0 fully saturated rings. The van der Waals surface area contributed by atoms with Crippen molar-refractivity contribution < 1.29 is 9.18 Å². The Balaban J connectivity index is 2.95. The maximum absolute atomic E-state index is 13.2. The van der Waals surface area contributed by atoms with E-state index in [0.717, 1.165) is 11.3 Å². The standard InChI is InChI=1S/C12H10FNO/c1-7-3-8(2)14-12-9(6-15)4-10(13)5-11(7)12/h3-6H,1-2H3. The second kappa shape index (κ2) is 3.42. The highest BCUT2D eigenvalue weighted by Gasteiger charge is 2.07. The summed E-state index contributed by atoms with van der Waals surface area (Å²) in [6, 6.07) is 4.49.